The molecule has 1 aliphatic rings. The predicted molar refractivity (Wildman–Crippen MR) is 90.9 cm³/mol. The molecule has 1 saturated heterocycles. The number of carbonyl (C=O) groups is 2. The van der Waals surface area contributed by atoms with Crippen molar-refractivity contribution in [3.05, 3.63) is 30.3 Å². The fraction of sp³-hybridized carbons (Fsp3) is 0.438. The maximum absolute atomic E-state index is 12.2. The molecule has 0 aliphatic carbocycles. The number of aliphatic carboxylic acids is 1. The van der Waals surface area contributed by atoms with E-state index >= 15 is 0 Å². The Morgan fingerprint density at radius 1 is 1.32 bits per heavy atom. The molecule has 0 unspecified atom stereocenters. The number of aryl methyl sites for hydroxylation is 1. The molecule has 0 saturated carbocycles. The predicted octanol–water partition coefficient (Wildman–Crippen LogP) is 1.53. The topological polar surface area (TPSA) is 118 Å². The smallest absolute Gasteiger partial charge is 0.329 e. The van der Waals surface area contributed by atoms with Gasteiger partial charge in [-0.05, 0) is 36.5 Å². The first-order valence-corrected chi connectivity index (χ1v) is 9.11. The highest BCUT2D eigenvalue weighted by atomic mass is 32.2. The molecule has 0 bridgehead atoms. The van der Waals surface area contributed by atoms with Gasteiger partial charge >= 0.3 is 5.97 Å². The lowest BCUT2D eigenvalue weighted by molar-refractivity contribution is -0.148. The summed E-state index contributed by atoms with van der Waals surface area (Å²) in [5.74, 6) is 0.831. The first-order chi connectivity index (χ1) is 12.1. The number of hydrogen-bond acceptors (Lipinski definition) is 7. The zero-order valence-electron chi connectivity index (χ0n) is 13.5. The summed E-state index contributed by atoms with van der Waals surface area (Å²) in [6.45, 7) is 0. The van der Waals surface area contributed by atoms with Crippen molar-refractivity contribution in [1.29, 1.82) is 0 Å². The van der Waals surface area contributed by atoms with Crippen LogP contribution in [-0.4, -0.2) is 49.2 Å². The molecule has 8 nitrogen and oxygen atoms in total. The second kappa shape index (κ2) is 7.64. The number of thioether (sulfide) groups is 1. The lowest BCUT2D eigenvalue weighted by atomic mass is 9.92. The van der Waals surface area contributed by atoms with Gasteiger partial charge in [-0.2, -0.15) is 16.7 Å². The van der Waals surface area contributed by atoms with Crippen LogP contribution in [0.15, 0.2) is 28.9 Å². The van der Waals surface area contributed by atoms with Crippen LogP contribution in [0.3, 0.4) is 0 Å². The van der Waals surface area contributed by atoms with Crippen molar-refractivity contribution in [2.75, 3.05) is 11.5 Å². The van der Waals surface area contributed by atoms with Crippen LogP contribution >= 0.6 is 11.8 Å². The van der Waals surface area contributed by atoms with Crippen LogP contribution < -0.4 is 5.32 Å². The number of pyridine rings is 1. The number of hydrogen-bond donors (Lipinski definition) is 2. The van der Waals surface area contributed by atoms with Crippen molar-refractivity contribution in [1.82, 2.24) is 20.4 Å². The highest BCUT2D eigenvalue weighted by Gasteiger charge is 2.41. The van der Waals surface area contributed by atoms with E-state index in [9.17, 15) is 14.7 Å². The van der Waals surface area contributed by atoms with Crippen LogP contribution in [0, 0.1) is 0 Å². The summed E-state index contributed by atoms with van der Waals surface area (Å²) in [6, 6.07) is 5.37. The number of amides is 1. The average molecular weight is 362 g/mol. The zero-order valence-corrected chi connectivity index (χ0v) is 14.3. The molecule has 0 atom stereocenters. The summed E-state index contributed by atoms with van der Waals surface area (Å²) in [7, 11) is 0. The minimum absolute atomic E-state index is 0.0893. The number of nitrogens with one attached hydrogen (secondary N) is 1. The Morgan fingerprint density at radius 2 is 2.12 bits per heavy atom. The minimum atomic E-state index is -1.16. The number of carbonyl (C=O) groups excluding carboxylic acids is 1. The quantitative estimate of drug-likeness (QED) is 0.794. The normalized spacial score (nSPS) is 16.3. The van der Waals surface area contributed by atoms with Gasteiger partial charge in [0.25, 0.3) is 0 Å². The second-order valence-corrected chi connectivity index (χ2v) is 7.00. The van der Waals surface area contributed by atoms with Crippen molar-refractivity contribution in [2.45, 2.75) is 31.2 Å². The van der Waals surface area contributed by atoms with Crippen molar-refractivity contribution < 1.29 is 19.2 Å². The maximum atomic E-state index is 12.2. The minimum Gasteiger partial charge on any atom is -0.480 e. The fourth-order valence-corrected chi connectivity index (χ4v) is 3.81. The number of carboxylic acid groups (broad SMARTS) is 1. The van der Waals surface area contributed by atoms with E-state index in [-0.39, 0.29) is 18.7 Å². The lowest BCUT2D eigenvalue weighted by Crippen LogP contribution is -2.56. The van der Waals surface area contributed by atoms with Crippen LogP contribution in [0.5, 0.6) is 0 Å². The Bertz CT molecular complexity index is 744. The zero-order chi connectivity index (χ0) is 17.7. The van der Waals surface area contributed by atoms with E-state index in [0.717, 1.165) is 11.5 Å². The van der Waals surface area contributed by atoms with Gasteiger partial charge in [0.2, 0.25) is 17.6 Å². The van der Waals surface area contributed by atoms with E-state index < -0.39 is 11.5 Å². The summed E-state index contributed by atoms with van der Waals surface area (Å²) < 4.78 is 5.13. The van der Waals surface area contributed by atoms with Crippen LogP contribution in [-0.2, 0) is 16.0 Å². The van der Waals surface area contributed by atoms with Crippen molar-refractivity contribution in [3.63, 3.8) is 0 Å². The van der Waals surface area contributed by atoms with Gasteiger partial charge in [-0.3, -0.25) is 9.78 Å². The van der Waals surface area contributed by atoms with E-state index in [4.69, 9.17) is 4.52 Å². The molecular weight excluding hydrogens is 344 g/mol. The molecule has 0 radical (unpaired) electrons. The van der Waals surface area contributed by atoms with Gasteiger partial charge in [0.05, 0.1) is 0 Å². The highest BCUT2D eigenvalue weighted by Crippen LogP contribution is 2.27. The van der Waals surface area contributed by atoms with Crippen LogP contribution in [0.1, 0.15) is 25.2 Å². The summed E-state index contributed by atoms with van der Waals surface area (Å²) in [6.07, 6.45) is 2.83. The van der Waals surface area contributed by atoms with Crippen LogP contribution in [0.4, 0.5) is 0 Å². The third-order valence-electron chi connectivity index (χ3n) is 4.06. The van der Waals surface area contributed by atoms with Crippen molar-refractivity contribution in [2.24, 2.45) is 0 Å². The molecule has 0 spiro atoms. The Kier molecular flexibility index (Phi) is 5.32. The lowest BCUT2D eigenvalue weighted by Gasteiger charge is -2.33. The number of aromatic nitrogens is 3. The molecule has 1 fully saturated rings. The van der Waals surface area contributed by atoms with Gasteiger partial charge in [0, 0.05) is 19.0 Å². The second-order valence-electron chi connectivity index (χ2n) is 5.77. The van der Waals surface area contributed by atoms with E-state index in [1.807, 2.05) is 6.07 Å². The molecule has 2 aromatic heterocycles. The molecule has 2 aromatic rings. The molecule has 25 heavy (non-hydrogen) atoms. The number of carboxylic acids is 1. The molecule has 0 aromatic carbocycles. The number of rotatable bonds is 6. The average Bonchev–Trinajstić information content (AvgIpc) is 3.10. The van der Waals surface area contributed by atoms with Crippen LogP contribution in [0.2, 0.25) is 0 Å². The Balaban J connectivity index is 1.57. The van der Waals surface area contributed by atoms with Gasteiger partial charge in [0.15, 0.2) is 0 Å². The molecular formula is C16H18N4O4S. The SMILES string of the molecule is O=C(CCc1nc(-c2ccccn2)no1)NC1(C(=O)O)CCSCC1. The van der Waals surface area contributed by atoms with Crippen molar-refractivity contribution >= 4 is 23.6 Å². The van der Waals surface area contributed by atoms with E-state index in [1.54, 1.807) is 30.1 Å². The highest BCUT2D eigenvalue weighted by molar-refractivity contribution is 7.99. The fourth-order valence-electron chi connectivity index (χ4n) is 2.62. The number of nitrogens with zero attached hydrogens (tertiary/aromatic N) is 3. The third-order valence-corrected chi connectivity index (χ3v) is 5.05. The van der Waals surface area contributed by atoms with E-state index in [0.29, 0.717) is 30.3 Å². The Morgan fingerprint density at radius 3 is 2.80 bits per heavy atom. The molecule has 9 heteroatoms. The van der Waals surface area contributed by atoms with E-state index in [2.05, 4.69) is 20.4 Å². The summed E-state index contributed by atoms with van der Waals surface area (Å²) in [4.78, 5) is 32.1. The Labute approximate surface area is 148 Å². The van der Waals surface area contributed by atoms with Gasteiger partial charge in [-0.15, -0.1) is 0 Å². The monoisotopic (exact) mass is 362 g/mol. The summed E-state index contributed by atoms with van der Waals surface area (Å²) in [5.41, 5.74) is -0.567. The van der Waals surface area contributed by atoms with Gasteiger partial charge in [-0.1, -0.05) is 11.2 Å². The van der Waals surface area contributed by atoms with Crippen LogP contribution in [0.25, 0.3) is 11.5 Å². The standard InChI is InChI=1S/C16H18N4O4S/c21-12(19-16(15(22)23)6-9-25-10-7-16)4-5-13-18-14(20-24-13)11-3-1-2-8-17-11/h1-3,8H,4-7,9-10H2,(H,19,21)(H,22,23). The van der Waals surface area contributed by atoms with Gasteiger partial charge in [-0.25, -0.2) is 4.79 Å². The van der Waals surface area contributed by atoms with Gasteiger partial charge < -0.3 is 14.9 Å². The largest absolute Gasteiger partial charge is 0.480 e. The molecule has 132 valence electrons. The van der Waals surface area contributed by atoms with Crippen molar-refractivity contribution in [3.8, 4) is 11.5 Å². The first-order valence-electron chi connectivity index (χ1n) is 7.95. The van der Waals surface area contributed by atoms with E-state index in [1.165, 1.54) is 0 Å². The Hall–Kier alpha value is -2.42. The summed E-state index contributed by atoms with van der Waals surface area (Å²) >= 11 is 1.70. The first kappa shape index (κ1) is 17.4. The third kappa shape index (κ3) is 4.16. The molecule has 2 N–H and O–H groups in total. The summed E-state index contributed by atoms with van der Waals surface area (Å²) in [5, 5.41) is 16.0. The molecule has 1 amide bonds. The maximum Gasteiger partial charge on any atom is 0.329 e. The molecule has 3 heterocycles. The molecule has 1 aliphatic heterocycles. The molecule has 3 rings (SSSR count). The van der Waals surface area contributed by atoms with Gasteiger partial charge in [0.1, 0.15) is 11.2 Å².